The third-order valence-corrected chi connectivity index (χ3v) is 2.90. The van der Waals surface area contributed by atoms with Crippen molar-refractivity contribution in [2.24, 2.45) is 0 Å². The van der Waals surface area contributed by atoms with Crippen LogP contribution in [-0.2, 0) is 9.53 Å². The first-order chi connectivity index (χ1) is 9.31. The monoisotopic (exact) mass is 286 g/mol. The van der Waals surface area contributed by atoms with Gasteiger partial charge in [0.1, 0.15) is 5.75 Å². The second kappa shape index (κ2) is 7.22. The topological polar surface area (TPSA) is 35.5 Å². The van der Waals surface area contributed by atoms with Crippen LogP contribution in [0.15, 0.2) is 24.3 Å². The molecule has 0 N–H and O–H groups in total. The molecule has 0 aromatic heterocycles. The van der Waals surface area contributed by atoms with Crippen LogP contribution in [-0.4, -0.2) is 25.1 Å². The molecule has 0 radical (unpaired) electrons. The van der Waals surface area contributed by atoms with Crippen molar-refractivity contribution in [2.45, 2.75) is 39.0 Å². The molecule has 0 saturated heterocycles. The molecule has 1 atom stereocenters. The summed E-state index contributed by atoms with van der Waals surface area (Å²) in [6, 6.07) is 7.36. The zero-order valence-corrected chi connectivity index (χ0v) is 12.0. The molecule has 0 bridgehead atoms. The van der Waals surface area contributed by atoms with Crippen molar-refractivity contribution in [3.05, 3.63) is 29.8 Å². The highest BCUT2D eigenvalue weighted by molar-refractivity contribution is 5.71. The van der Waals surface area contributed by atoms with Crippen LogP contribution in [0, 0.1) is 0 Å². The minimum Gasteiger partial charge on any atom is -0.482 e. The van der Waals surface area contributed by atoms with E-state index in [9.17, 15) is 13.6 Å². The maximum Gasteiger partial charge on any atom is 0.344 e. The van der Waals surface area contributed by atoms with Gasteiger partial charge < -0.3 is 9.47 Å². The van der Waals surface area contributed by atoms with Gasteiger partial charge in [-0.3, -0.25) is 0 Å². The highest BCUT2D eigenvalue weighted by Crippen LogP contribution is 2.21. The molecule has 20 heavy (non-hydrogen) atoms. The lowest BCUT2D eigenvalue weighted by atomic mass is 9.99. The van der Waals surface area contributed by atoms with Crippen molar-refractivity contribution >= 4 is 5.97 Å². The quantitative estimate of drug-likeness (QED) is 0.716. The molecule has 0 spiro atoms. The fraction of sp³-hybridized carbons (Fsp3) is 0.533. The van der Waals surface area contributed by atoms with Crippen molar-refractivity contribution in [1.29, 1.82) is 0 Å². The van der Waals surface area contributed by atoms with Crippen molar-refractivity contribution in [3.63, 3.8) is 0 Å². The number of alkyl halides is 2. The summed E-state index contributed by atoms with van der Waals surface area (Å²) in [7, 11) is 0. The molecule has 112 valence electrons. The maximum atomic E-state index is 12.5. The van der Waals surface area contributed by atoms with Gasteiger partial charge in [-0.15, -0.1) is 0 Å². The van der Waals surface area contributed by atoms with E-state index in [-0.39, 0.29) is 6.61 Å². The number of hydrogen-bond acceptors (Lipinski definition) is 3. The fourth-order valence-corrected chi connectivity index (χ4v) is 1.52. The van der Waals surface area contributed by atoms with E-state index in [1.165, 1.54) is 5.56 Å². The van der Waals surface area contributed by atoms with Crippen LogP contribution in [0.5, 0.6) is 5.75 Å². The number of carbonyl (C=O) groups is 1. The smallest absolute Gasteiger partial charge is 0.344 e. The lowest BCUT2D eigenvalue weighted by Crippen LogP contribution is -2.24. The third kappa shape index (κ3) is 5.99. The van der Waals surface area contributed by atoms with E-state index in [4.69, 9.17) is 4.74 Å². The number of halogens is 2. The number of carbonyl (C=O) groups excluding carboxylic acids is 1. The molecule has 0 saturated carbocycles. The molecule has 0 aliphatic rings. The molecular weight excluding hydrogens is 266 g/mol. The largest absolute Gasteiger partial charge is 0.482 e. The predicted octanol–water partition coefficient (Wildman–Crippen LogP) is 3.78. The molecule has 1 aromatic rings. The van der Waals surface area contributed by atoms with E-state index in [1.807, 2.05) is 12.1 Å². The van der Waals surface area contributed by atoms with Crippen LogP contribution < -0.4 is 4.74 Å². The van der Waals surface area contributed by atoms with Crippen molar-refractivity contribution < 1.29 is 23.0 Å². The van der Waals surface area contributed by atoms with Gasteiger partial charge in [-0.05, 0) is 30.0 Å². The summed E-state index contributed by atoms with van der Waals surface area (Å²) in [4.78, 5) is 11.2. The summed E-state index contributed by atoms with van der Waals surface area (Å²) in [6.45, 7) is 3.61. The molecular formula is C15H20F2O3. The van der Waals surface area contributed by atoms with Crippen LogP contribution in [0.2, 0.25) is 0 Å². The third-order valence-electron chi connectivity index (χ3n) is 2.90. The molecule has 0 aliphatic carbocycles. The van der Waals surface area contributed by atoms with E-state index >= 15 is 0 Å². The number of rotatable bonds is 7. The molecule has 0 aliphatic heterocycles. The van der Waals surface area contributed by atoms with E-state index in [1.54, 1.807) is 12.1 Å². The average Bonchev–Trinajstić information content (AvgIpc) is 2.41. The second-order valence-corrected chi connectivity index (χ2v) is 4.90. The number of ether oxygens (including phenoxy) is 2. The summed E-state index contributed by atoms with van der Waals surface area (Å²) in [5.74, 6) is -2.86. The van der Waals surface area contributed by atoms with Gasteiger partial charge in [-0.2, -0.15) is 0 Å². The first-order valence-electron chi connectivity index (χ1n) is 6.58. The summed E-state index contributed by atoms with van der Waals surface area (Å²) >= 11 is 0. The predicted molar refractivity (Wildman–Crippen MR) is 72.2 cm³/mol. The Morgan fingerprint density at radius 3 is 2.40 bits per heavy atom. The van der Waals surface area contributed by atoms with Crippen LogP contribution in [0.4, 0.5) is 8.78 Å². The van der Waals surface area contributed by atoms with Crippen LogP contribution in [0.3, 0.4) is 0 Å². The Bertz CT molecular complexity index is 424. The minimum atomic E-state index is -3.02. The Hall–Kier alpha value is -1.65. The zero-order chi connectivity index (χ0) is 15.2. The lowest BCUT2D eigenvalue weighted by Gasteiger charge is -2.12. The Labute approximate surface area is 117 Å². The normalized spacial score (nSPS) is 12.8. The number of esters is 1. The van der Waals surface area contributed by atoms with E-state index < -0.39 is 18.5 Å². The van der Waals surface area contributed by atoms with Gasteiger partial charge in [-0.25, -0.2) is 13.6 Å². The Balaban J connectivity index is 2.40. The number of hydrogen-bond donors (Lipinski definition) is 0. The van der Waals surface area contributed by atoms with Gasteiger partial charge in [0.25, 0.3) is 5.92 Å². The highest BCUT2D eigenvalue weighted by atomic mass is 19.3. The Morgan fingerprint density at radius 1 is 1.30 bits per heavy atom. The van der Waals surface area contributed by atoms with E-state index in [0.717, 1.165) is 6.42 Å². The van der Waals surface area contributed by atoms with Gasteiger partial charge >= 0.3 is 5.97 Å². The molecule has 3 nitrogen and oxygen atoms in total. The molecule has 5 heteroatoms. The summed E-state index contributed by atoms with van der Waals surface area (Å²) in [5, 5.41) is 0. The van der Waals surface area contributed by atoms with Crippen LogP contribution in [0.1, 0.15) is 38.7 Å². The van der Waals surface area contributed by atoms with E-state index in [2.05, 4.69) is 18.6 Å². The van der Waals surface area contributed by atoms with Crippen molar-refractivity contribution in [2.75, 3.05) is 13.2 Å². The highest BCUT2D eigenvalue weighted by Gasteiger charge is 2.23. The van der Waals surface area contributed by atoms with Gasteiger partial charge in [0.15, 0.2) is 13.2 Å². The number of benzene rings is 1. The van der Waals surface area contributed by atoms with Crippen LogP contribution in [0.25, 0.3) is 0 Å². The zero-order valence-electron chi connectivity index (χ0n) is 12.0. The van der Waals surface area contributed by atoms with Gasteiger partial charge in [0.05, 0.1) is 0 Å². The lowest BCUT2D eigenvalue weighted by molar-refractivity contribution is -0.155. The molecule has 0 fully saturated rings. The fourth-order valence-electron chi connectivity index (χ4n) is 1.52. The Kier molecular flexibility index (Phi) is 5.92. The van der Waals surface area contributed by atoms with E-state index in [0.29, 0.717) is 18.6 Å². The van der Waals surface area contributed by atoms with Crippen molar-refractivity contribution in [1.82, 2.24) is 0 Å². The molecule has 1 aromatic carbocycles. The molecule has 0 amide bonds. The molecule has 1 rings (SSSR count). The SMILES string of the molecule is CCC(C)c1ccc(OCC(=O)OCC(C)(F)F)cc1. The van der Waals surface area contributed by atoms with Crippen LogP contribution >= 0.6 is 0 Å². The summed E-state index contributed by atoms with van der Waals surface area (Å²) in [6.07, 6.45) is 1.04. The minimum absolute atomic E-state index is 0.376. The summed E-state index contributed by atoms with van der Waals surface area (Å²) < 4.78 is 34.5. The first-order valence-corrected chi connectivity index (χ1v) is 6.58. The van der Waals surface area contributed by atoms with Gasteiger partial charge in [0, 0.05) is 6.92 Å². The second-order valence-electron chi connectivity index (χ2n) is 4.90. The first kappa shape index (κ1) is 16.4. The maximum absolute atomic E-state index is 12.5. The van der Waals surface area contributed by atoms with Gasteiger partial charge in [-0.1, -0.05) is 26.0 Å². The molecule has 0 heterocycles. The van der Waals surface area contributed by atoms with Gasteiger partial charge in [0.2, 0.25) is 0 Å². The summed E-state index contributed by atoms with van der Waals surface area (Å²) in [5.41, 5.74) is 1.19. The molecule has 1 unspecified atom stereocenters. The van der Waals surface area contributed by atoms with Crippen molar-refractivity contribution in [3.8, 4) is 5.75 Å². The Morgan fingerprint density at radius 2 is 1.90 bits per heavy atom. The standard InChI is InChI=1S/C15H20F2O3/c1-4-11(2)12-5-7-13(8-6-12)19-9-14(18)20-10-15(3,16)17/h5-8,11H,4,9-10H2,1-3H3. The average molecular weight is 286 g/mol.